The molecule has 1 rings (SSSR count). The van der Waals surface area contributed by atoms with Crippen molar-refractivity contribution in [2.24, 2.45) is 0 Å². The first-order valence-corrected chi connectivity index (χ1v) is 7.72. The molecule has 0 heterocycles. The van der Waals surface area contributed by atoms with Gasteiger partial charge in [0.2, 0.25) is 0 Å². The van der Waals surface area contributed by atoms with Crippen LogP contribution in [-0.2, 0) is 6.54 Å². The molecule has 1 aromatic rings. The molecule has 0 saturated heterocycles. The predicted molar refractivity (Wildman–Crippen MR) is 90.8 cm³/mol. The third-order valence-electron chi connectivity index (χ3n) is 3.97. The van der Waals surface area contributed by atoms with E-state index in [1.54, 1.807) is 0 Å². The number of rotatable bonds is 5. The monoisotopic (exact) mass is 296 g/mol. The second-order valence-electron chi connectivity index (χ2n) is 7.11. The van der Waals surface area contributed by atoms with Crippen molar-refractivity contribution < 1.29 is 0 Å². The summed E-state index contributed by atoms with van der Waals surface area (Å²) < 4.78 is 0. The fourth-order valence-corrected chi connectivity index (χ4v) is 2.19. The summed E-state index contributed by atoms with van der Waals surface area (Å²) in [7, 11) is 2.11. The molecule has 0 aliphatic rings. The van der Waals surface area contributed by atoms with Gasteiger partial charge in [-0.15, -0.1) is 0 Å². The number of hydrogen-bond donors (Lipinski definition) is 1. The molecule has 0 radical (unpaired) electrons. The maximum absolute atomic E-state index is 6.47. The van der Waals surface area contributed by atoms with E-state index < -0.39 is 0 Å². The summed E-state index contributed by atoms with van der Waals surface area (Å²) in [6.07, 6.45) is 1.08. The van der Waals surface area contributed by atoms with E-state index in [1.807, 2.05) is 0 Å². The fourth-order valence-electron chi connectivity index (χ4n) is 1.86. The van der Waals surface area contributed by atoms with Crippen LogP contribution < -0.4 is 10.2 Å². The summed E-state index contributed by atoms with van der Waals surface area (Å²) in [5.74, 6) is 0. The Morgan fingerprint density at radius 1 is 1.15 bits per heavy atom. The molecule has 0 fully saturated rings. The maximum Gasteiger partial charge on any atom is 0.0642 e. The lowest BCUT2D eigenvalue weighted by Gasteiger charge is -2.37. The first-order valence-electron chi connectivity index (χ1n) is 7.34. The van der Waals surface area contributed by atoms with E-state index in [0.29, 0.717) is 0 Å². The largest absolute Gasteiger partial charge is 0.368 e. The van der Waals surface area contributed by atoms with Crippen molar-refractivity contribution >= 4 is 17.3 Å². The second kappa shape index (κ2) is 6.36. The summed E-state index contributed by atoms with van der Waals surface area (Å²) in [6, 6.07) is 6.35. The molecule has 114 valence electrons. The Morgan fingerprint density at radius 2 is 1.75 bits per heavy atom. The fraction of sp³-hybridized carbons (Fsp3) is 0.647. The molecule has 0 saturated carbocycles. The van der Waals surface area contributed by atoms with Gasteiger partial charge >= 0.3 is 0 Å². The van der Waals surface area contributed by atoms with E-state index in [-0.39, 0.29) is 11.1 Å². The first-order chi connectivity index (χ1) is 9.07. The molecule has 1 N–H and O–H groups in total. The second-order valence-corrected chi connectivity index (χ2v) is 7.52. The summed E-state index contributed by atoms with van der Waals surface area (Å²) >= 11 is 6.47. The lowest BCUT2D eigenvalue weighted by Crippen LogP contribution is -2.40. The Hall–Kier alpha value is -0.730. The summed E-state index contributed by atoms with van der Waals surface area (Å²) in [5, 5.41) is 4.30. The normalized spacial score (nSPS) is 12.6. The minimum atomic E-state index is 0.106. The lowest BCUT2D eigenvalue weighted by atomic mass is 9.99. The van der Waals surface area contributed by atoms with E-state index in [0.717, 1.165) is 23.7 Å². The molecular weight excluding hydrogens is 268 g/mol. The van der Waals surface area contributed by atoms with Gasteiger partial charge < -0.3 is 10.2 Å². The van der Waals surface area contributed by atoms with Crippen LogP contribution in [0.2, 0.25) is 5.02 Å². The molecule has 0 atom stereocenters. The molecule has 0 amide bonds. The number of benzene rings is 1. The van der Waals surface area contributed by atoms with Crippen LogP contribution in [-0.4, -0.2) is 18.1 Å². The van der Waals surface area contributed by atoms with Crippen LogP contribution in [0, 0.1) is 0 Å². The van der Waals surface area contributed by atoms with E-state index in [4.69, 9.17) is 11.6 Å². The highest BCUT2D eigenvalue weighted by molar-refractivity contribution is 6.33. The van der Waals surface area contributed by atoms with Crippen LogP contribution >= 0.6 is 11.6 Å². The van der Waals surface area contributed by atoms with Gasteiger partial charge in [-0.25, -0.2) is 0 Å². The zero-order valence-electron chi connectivity index (χ0n) is 14.0. The molecule has 3 heteroatoms. The van der Waals surface area contributed by atoms with Gasteiger partial charge in [0.25, 0.3) is 0 Å². The molecule has 0 aliphatic heterocycles. The highest BCUT2D eigenvalue weighted by Crippen LogP contribution is 2.32. The standard InChI is InChI=1S/C17H29ClN2/c1-8-17(5,6)20(7)15-10-9-13(11-14(15)18)12-19-16(2,3)4/h9-11,19H,8,12H2,1-7H3. The number of nitrogens with zero attached hydrogens (tertiary/aromatic N) is 1. The number of anilines is 1. The zero-order valence-corrected chi connectivity index (χ0v) is 14.7. The lowest BCUT2D eigenvalue weighted by molar-refractivity contribution is 0.424. The average molecular weight is 297 g/mol. The summed E-state index contributed by atoms with van der Waals surface area (Å²) in [5.41, 5.74) is 2.54. The SMILES string of the molecule is CCC(C)(C)N(C)c1ccc(CNC(C)(C)C)cc1Cl. The van der Waals surface area contributed by atoms with Gasteiger partial charge in [0.05, 0.1) is 10.7 Å². The minimum absolute atomic E-state index is 0.106. The molecule has 0 aliphatic carbocycles. The van der Waals surface area contributed by atoms with Crippen molar-refractivity contribution in [2.45, 2.75) is 65.6 Å². The van der Waals surface area contributed by atoms with Crippen molar-refractivity contribution in [3.05, 3.63) is 28.8 Å². The Kier molecular flexibility index (Phi) is 5.51. The van der Waals surface area contributed by atoms with Crippen LogP contribution in [0.3, 0.4) is 0 Å². The molecular formula is C17H29ClN2. The highest BCUT2D eigenvalue weighted by atomic mass is 35.5. The maximum atomic E-state index is 6.47. The van der Waals surface area contributed by atoms with Crippen molar-refractivity contribution in [2.75, 3.05) is 11.9 Å². The van der Waals surface area contributed by atoms with Gasteiger partial charge in [-0.1, -0.05) is 24.6 Å². The van der Waals surface area contributed by atoms with E-state index in [1.165, 1.54) is 5.56 Å². The van der Waals surface area contributed by atoms with E-state index >= 15 is 0 Å². The first kappa shape index (κ1) is 17.3. The van der Waals surface area contributed by atoms with Gasteiger partial charge in [0.1, 0.15) is 0 Å². The Bertz CT molecular complexity index is 447. The average Bonchev–Trinajstić information content (AvgIpc) is 2.35. The molecule has 20 heavy (non-hydrogen) atoms. The Labute approximate surface area is 129 Å². The summed E-state index contributed by atoms with van der Waals surface area (Å²) in [6.45, 7) is 14.0. The minimum Gasteiger partial charge on any atom is -0.368 e. The third-order valence-corrected chi connectivity index (χ3v) is 4.27. The van der Waals surface area contributed by atoms with Crippen LogP contribution in [0.5, 0.6) is 0 Å². The quantitative estimate of drug-likeness (QED) is 0.835. The number of nitrogens with one attached hydrogen (secondary N) is 1. The Balaban J connectivity index is 2.89. The molecule has 2 nitrogen and oxygen atoms in total. The van der Waals surface area contributed by atoms with Gasteiger partial charge in [-0.2, -0.15) is 0 Å². The number of hydrogen-bond acceptors (Lipinski definition) is 2. The number of halogens is 1. The van der Waals surface area contributed by atoms with E-state index in [9.17, 15) is 0 Å². The molecule has 1 aromatic carbocycles. The highest BCUT2D eigenvalue weighted by Gasteiger charge is 2.23. The van der Waals surface area contributed by atoms with Crippen LogP contribution in [0.15, 0.2) is 18.2 Å². The molecule has 0 aromatic heterocycles. The topological polar surface area (TPSA) is 15.3 Å². The molecule has 0 bridgehead atoms. The van der Waals surface area contributed by atoms with Crippen molar-refractivity contribution in [1.29, 1.82) is 0 Å². The van der Waals surface area contributed by atoms with Gasteiger partial charge in [-0.05, 0) is 58.7 Å². The van der Waals surface area contributed by atoms with Gasteiger partial charge in [0.15, 0.2) is 0 Å². The van der Waals surface area contributed by atoms with Crippen LogP contribution in [0.4, 0.5) is 5.69 Å². The predicted octanol–water partition coefficient (Wildman–Crippen LogP) is 4.85. The summed E-state index contributed by atoms with van der Waals surface area (Å²) in [4.78, 5) is 2.26. The Morgan fingerprint density at radius 3 is 2.20 bits per heavy atom. The third kappa shape index (κ3) is 4.68. The van der Waals surface area contributed by atoms with Crippen molar-refractivity contribution in [1.82, 2.24) is 5.32 Å². The zero-order chi connectivity index (χ0) is 15.6. The van der Waals surface area contributed by atoms with Crippen LogP contribution in [0.1, 0.15) is 53.5 Å². The molecule has 0 spiro atoms. The smallest absolute Gasteiger partial charge is 0.0642 e. The van der Waals surface area contributed by atoms with Crippen molar-refractivity contribution in [3.8, 4) is 0 Å². The van der Waals surface area contributed by atoms with Gasteiger partial charge in [-0.3, -0.25) is 0 Å². The van der Waals surface area contributed by atoms with E-state index in [2.05, 4.69) is 77.0 Å². The van der Waals surface area contributed by atoms with Crippen LogP contribution in [0.25, 0.3) is 0 Å². The molecule has 0 unspecified atom stereocenters. The van der Waals surface area contributed by atoms with Gasteiger partial charge in [0, 0.05) is 24.7 Å². The van der Waals surface area contributed by atoms with Crippen molar-refractivity contribution in [3.63, 3.8) is 0 Å².